The summed E-state index contributed by atoms with van der Waals surface area (Å²) in [7, 11) is 5.43. The van der Waals surface area contributed by atoms with Gasteiger partial charge in [-0.25, -0.2) is 4.39 Å². The predicted octanol–water partition coefficient (Wildman–Crippen LogP) is 2.29. The molecule has 0 aliphatic heterocycles. The molecule has 7 heteroatoms. The van der Waals surface area contributed by atoms with E-state index < -0.39 is 0 Å². The van der Waals surface area contributed by atoms with Crippen LogP contribution in [0, 0.1) is 5.82 Å². The summed E-state index contributed by atoms with van der Waals surface area (Å²) < 4.78 is 13.8. The summed E-state index contributed by atoms with van der Waals surface area (Å²) in [6.45, 7) is 1.86. The van der Waals surface area contributed by atoms with E-state index >= 15 is 0 Å². The van der Waals surface area contributed by atoms with E-state index in [2.05, 4.69) is 25.6 Å². The first-order valence-electron chi connectivity index (χ1n) is 6.63. The van der Waals surface area contributed by atoms with E-state index in [4.69, 9.17) is 0 Å². The van der Waals surface area contributed by atoms with Gasteiger partial charge in [-0.3, -0.25) is 0 Å². The number of halogens is 1. The van der Waals surface area contributed by atoms with Gasteiger partial charge in [0.1, 0.15) is 5.82 Å². The van der Waals surface area contributed by atoms with Gasteiger partial charge in [0.15, 0.2) is 0 Å². The lowest BCUT2D eigenvalue weighted by Gasteiger charge is -2.17. The average Bonchev–Trinajstić information content (AvgIpc) is 2.47. The van der Waals surface area contributed by atoms with Crippen LogP contribution in [0.1, 0.15) is 18.5 Å². The number of nitrogens with zero attached hydrogens (tertiary/aromatic N) is 4. The Hall–Kier alpha value is -2.44. The highest BCUT2D eigenvalue weighted by Gasteiger charge is 2.13. The number of hydrogen-bond donors (Lipinski definition) is 2. The lowest BCUT2D eigenvalue weighted by Crippen LogP contribution is -2.18. The smallest absolute Gasteiger partial charge is 0.231 e. The molecule has 2 rings (SSSR count). The monoisotopic (exact) mass is 290 g/mol. The van der Waals surface area contributed by atoms with E-state index in [1.807, 2.05) is 21.0 Å². The zero-order valence-electron chi connectivity index (χ0n) is 12.6. The van der Waals surface area contributed by atoms with E-state index in [9.17, 15) is 4.39 Å². The Morgan fingerprint density at radius 3 is 2.38 bits per heavy atom. The van der Waals surface area contributed by atoms with E-state index in [0.717, 1.165) is 0 Å². The number of aromatic nitrogens is 3. The second-order valence-electron chi connectivity index (χ2n) is 4.81. The van der Waals surface area contributed by atoms with E-state index in [0.29, 0.717) is 23.4 Å². The molecule has 0 amide bonds. The number of nitrogens with one attached hydrogen (secondary N) is 2. The van der Waals surface area contributed by atoms with Crippen molar-refractivity contribution in [1.82, 2.24) is 15.0 Å². The van der Waals surface area contributed by atoms with Gasteiger partial charge >= 0.3 is 0 Å². The van der Waals surface area contributed by atoms with Gasteiger partial charge in [-0.2, -0.15) is 15.0 Å². The molecular formula is C14H19FN6. The van der Waals surface area contributed by atoms with Crippen molar-refractivity contribution in [2.24, 2.45) is 0 Å². The topological polar surface area (TPSA) is 66.0 Å². The number of benzene rings is 1. The van der Waals surface area contributed by atoms with Crippen LogP contribution in [0.5, 0.6) is 0 Å². The van der Waals surface area contributed by atoms with Crippen LogP contribution in [0.4, 0.5) is 22.2 Å². The quantitative estimate of drug-likeness (QED) is 0.881. The Morgan fingerprint density at radius 1 is 1.10 bits per heavy atom. The fraction of sp³-hybridized carbons (Fsp3) is 0.357. The van der Waals surface area contributed by atoms with Gasteiger partial charge in [-0.15, -0.1) is 0 Å². The molecule has 6 nitrogen and oxygen atoms in total. The molecule has 0 saturated carbocycles. The van der Waals surface area contributed by atoms with Crippen LogP contribution in [0.2, 0.25) is 0 Å². The summed E-state index contributed by atoms with van der Waals surface area (Å²) in [6, 6.07) is 6.38. The maximum absolute atomic E-state index is 13.8. The van der Waals surface area contributed by atoms with Crippen LogP contribution in [-0.2, 0) is 0 Å². The first kappa shape index (κ1) is 15.0. The van der Waals surface area contributed by atoms with Crippen molar-refractivity contribution in [2.75, 3.05) is 36.7 Å². The molecule has 112 valence electrons. The number of hydrogen-bond acceptors (Lipinski definition) is 6. The Balaban J connectivity index is 2.26. The molecular weight excluding hydrogens is 271 g/mol. The Morgan fingerprint density at radius 2 is 1.76 bits per heavy atom. The third kappa shape index (κ3) is 3.56. The van der Waals surface area contributed by atoms with Gasteiger partial charge < -0.3 is 15.5 Å². The molecule has 0 saturated heterocycles. The molecule has 2 aromatic rings. The minimum absolute atomic E-state index is 0.256. The second kappa shape index (κ2) is 6.34. The molecule has 1 heterocycles. The number of anilines is 3. The summed E-state index contributed by atoms with van der Waals surface area (Å²) in [5, 5.41) is 5.98. The first-order chi connectivity index (χ1) is 10.0. The molecule has 0 radical (unpaired) electrons. The molecule has 1 aromatic carbocycles. The predicted molar refractivity (Wildman–Crippen MR) is 82.1 cm³/mol. The van der Waals surface area contributed by atoms with Crippen LogP contribution < -0.4 is 15.5 Å². The standard InChI is InChI=1S/C14H19FN6/c1-9(10-7-5-6-8-11(10)15)17-13-18-12(16-2)19-14(20-13)21(3)4/h5-9H,1-4H3,(H2,16,17,18,19,20). The van der Waals surface area contributed by atoms with Crippen molar-refractivity contribution >= 4 is 17.8 Å². The van der Waals surface area contributed by atoms with Gasteiger partial charge in [0.2, 0.25) is 17.8 Å². The van der Waals surface area contributed by atoms with E-state index in [1.54, 1.807) is 30.1 Å². The highest BCUT2D eigenvalue weighted by molar-refractivity contribution is 5.44. The maximum Gasteiger partial charge on any atom is 0.231 e. The van der Waals surface area contributed by atoms with Crippen molar-refractivity contribution in [3.63, 3.8) is 0 Å². The lowest BCUT2D eigenvalue weighted by molar-refractivity contribution is 0.599. The van der Waals surface area contributed by atoms with Crippen LogP contribution >= 0.6 is 0 Å². The second-order valence-corrected chi connectivity index (χ2v) is 4.81. The molecule has 0 aliphatic carbocycles. The zero-order valence-corrected chi connectivity index (χ0v) is 12.6. The summed E-state index contributed by atoms with van der Waals surface area (Å²) in [6.07, 6.45) is 0. The molecule has 0 spiro atoms. The lowest BCUT2D eigenvalue weighted by atomic mass is 10.1. The molecule has 0 fully saturated rings. The van der Waals surface area contributed by atoms with Crippen LogP contribution in [0.25, 0.3) is 0 Å². The fourth-order valence-electron chi connectivity index (χ4n) is 1.84. The first-order valence-corrected chi connectivity index (χ1v) is 6.63. The third-order valence-electron chi connectivity index (χ3n) is 2.96. The van der Waals surface area contributed by atoms with Crippen molar-refractivity contribution < 1.29 is 4.39 Å². The highest BCUT2D eigenvalue weighted by Crippen LogP contribution is 2.21. The van der Waals surface area contributed by atoms with Crippen molar-refractivity contribution in [1.29, 1.82) is 0 Å². The Bertz CT molecular complexity index is 616. The van der Waals surface area contributed by atoms with Crippen LogP contribution in [0.3, 0.4) is 0 Å². The largest absolute Gasteiger partial charge is 0.357 e. The molecule has 1 atom stereocenters. The summed E-state index contributed by atoms with van der Waals surface area (Å²) in [4.78, 5) is 14.5. The minimum atomic E-state index is -0.256. The average molecular weight is 290 g/mol. The normalized spacial score (nSPS) is 11.9. The Labute approximate surface area is 123 Å². The maximum atomic E-state index is 13.8. The number of rotatable bonds is 5. The molecule has 0 aliphatic rings. The van der Waals surface area contributed by atoms with Gasteiger partial charge in [0.25, 0.3) is 0 Å². The molecule has 21 heavy (non-hydrogen) atoms. The third-order valence-corrected chi connectivity index (χ3v) is 2.96. The van der Waals surface area contributed by atoms with Gasteiger partial charge in [-0.05, 0) is 13.0 Å². The molecule has 2 N–H and O–H groups in total. The molecule has 0 bridgehead atoms. The van der Waals surface area contributed by atoms with Crippen molar-refractivity contribution in [3.05, 3.63) is 35.6 Å². The molecule has 1 unspecified atom stereocenters. The minimum Gasteiger partial charge on any atom is -0.357 e. The van der Waals surface area contributed by atoms with Crippen LogP contribution in [-0.4, -0.2) is 36.1 Å². The highest BCUT2D eigenvalue weighted by atomic mass is 19.1. The van der Waals surface area contributed by atoms with Gasteiger partial charge in [0, 0.05) is 26.7 Å². The van der Waals surface area contributed by atoms with Crippen molar-refractivity contribution in [3.8, 4) is 0 Å². The summed E-state index contributed by atoms with van der Waals surface area (Å²) >= 11 is 0. The zero-order chi connectivity index (χ0) is 15.4. The summed E-state index contributed by atoms with van der Waals surface area (Å²) in [5.74, 6) is 1.12. The molecule has 1 aromatic heterocycles. The Kier molecular flexibility index (Phi) is 4.52. The SMILES string of the molecule is CNc1nc(NC(C)c2ccccc2F)nc(N(C)C)n1. The van der Waals surface area contributed by atoms with Gasteiger partial charge in [-0.1, -0.05) is 18.2 Å². The van der Waals surface area contributed by atoms with E-state index in [1.165, 1.54) is 6.07 Å². The summed E-state index contributed by atoms with van der Waals surface area (Å²) in [5.41, 5.74) is 0.565. The van der Waals surface area contributed by atoms with Gasteiger partial charge in [0.05, 0.1) is 6.04 Å². The van der Waals surface area contributed by atoms with E-state index in [-0.39, 0.29) is 11.9 Å². The fourth-order valence-corrected chi connectivity index (χ4v) is 1.84. The van der Waals surface area contributed by atoms with Crippen LogP contribution in [0.15, 0.2) is 24.3 Å². The van der Waals surface area contributed by atoms with Crippen molar-refractivity contribution in [2.45, 2.75) is 13.0 Å².